The van der Waals surface area contributed by atoms with E-state index in [1.165, 1.54) is 11.1 Å². The van der Waals surface area contributed by atoms with Crippen molar-refractivity contribution < 1.29 is 9.47 Å². The van der Waals surface area contributed by atoms with Gasteiger partial charge < -0.3 is 20.1 Å². The lowest BCUT2D eigenvalue weighted by molar-refractivity contribution is 0.184. The van der Waals surface area contributed by atoms with Gasteiger partial charge in [0.1, 0.15) is 0 Å². The van der Waals surface area contributed by atoms with Crippen LogP contribution in [0, 0.1) is 0 Å². The van der Waals surface area contributed by atoms with Crippen molar-refractivity contribution in [3.63, 3.8) is 0 Å². The van der Waals surface area contributed by atoms with Crippen LogP contribution in [0.25, 0.3) is 0 Å². The van der Waals surface area contributed by atoms with E-state index in [2.05, 4.69) is 27.8 Å². The van der Waals surface area contributed by atoms with Crippen LogP contribution < -0.4 is 10.6 Å². The van der Waals surface area contributed by atoms with Gasteiger partial charge in [0.25, 0.3) is 0 Å². The summed E-state index contributed by atoms with van der Waals surface area (Å²) in [4.78, 5) is 4.58. The summed E-state index contributed by atoms with van der Waals surface area (Å²) in [6.45, 7) is 5.51. The number of aliphatic imine (C=N–C) groups is 1. The summed E-state index contributed by atoms with van der Waals surface area (Å²) in [7, 11) is 3.39. The van der Waals surface area contributed by atoms with Gasteiger partial charge in [-0.05, 0) is 18.1 Å². The number of benzene rings is 1. The lowest BCUT2D eigenvalue weighted by Gasteiger charge is -2.12. The smallest absolute Gasteiger partial charge is 0.191 e. The second-order valence-corrected chi connectivity index (χ2v) is 4.32. The molecule has 0 unspecified atom stereocenters. The summed E-state index contributed by atoms with van der Waals surface area (Å²) in [5.41, 5.74) is 2.35. The third-order valence-electron chi connectivity index (χ3n) is 2.77. The van der Waals surface area contributed by atoms with Crippen molar-refractivity contribution in [3.8, 4) is 0 Å². The molecule has 0 fully saturated rings. The minimum atomic E-state index is 0.610. The summed E-state index contributed by atoms with van der Waals surface area (Å²) in [5.74, 6) is 0.803. The maximum absolute atomic E-state index is 5.21. The molecule has 0 spiro atoms. The van der Waals surface area contributed by atoms with Gasteiger partial charge in [0.15, 0.2) is 5.96 Å². The second kappa shape index (κ2) is 10.2. The van der Waals surface area contributed by atoms with Gasteiger partial charge in [0, 0.05) is 27.3 Å². The van der Waals surface area contributed by atoms with Gasteiger partial charge in [-0.25, -0.2) is 4.99 Å². The van der Waals surface area contributed by atoms with Crippen LogP contribution in [-0.4, -0.2) is 39.9 Å². The number of methoxy groups -OCH3 is 2. The molecule has 0 amide bonds. The van der Waals surface area contributed by atoms with Gasteiger partial charge in [0.2, 0.25) is 0 Å². The van der Waals surface area contributed by atoms with Gasteiger partial charge in [0.05, 0.1) is 19.8 Å². The molecule has 1 aromatic carbocycles. The lowest BCUT2D eigenvalue weighted by atomic mass is 10.1. The first-order valence-electron chi connectivity index (χ1n) is 6.88. The van der Waals surface area contributed by atoms with Gasteiger partial charge >= 0.3 is 0 Å². The van der Waals surface area contributed by atoms with Crippen LogP contribution in [-0.2, 0) is 22.6 Å². The first-order valence-corrected chi connectivity index (χ1v) is 6.88. The van der Waals surface area contributed by atoms with Crippen molar-refractivity contribution in [2.75, 3.05) is 33.9 Å². The Morgan fingerprint density at radius 2 is 1.85 bits per heavy atom. The van der Waals surface area contributed by atoms with Gasteiger partial charge in [-0.15, -0.1) is 0 Å². The molecule has 1 rings (SSSR count). The van der Waals surface area contributed by atoms with Crippen molar-refractivity contribution in [1.29, 1.82) is 0 Å². The van der Waals surface area contributed by atoms with Crippen molar-refractivity contribution in [2.45, 2.75) is 20.1 Å². The van der Waals surface area contributed by atoms with E-state index >= 15 is 0 Å². The molecule has 20 heavy (non-hydrogen) atoms. The molecule has 0 saturated carbocycles. The molecule has 0 radical (unpaired) electrons. The van der Waals surface area contributed by atoms with Crippen LogP contribution in [0.2, 0.25) is 0 Å². The molecule has 0 aliphatic heterocycles. The molecule has 112 valence electrons. The number of nitrogens with one attached hydrogen (secondary N) is 2. The number of ether oxygens (including phenoxy) is 2. The van der Waals surface area contributed by atoms with E-state index in [1.807, 2.05) is 19.1 Å². The predicted molar refractivity (Wildman–Crippen MR) is 81.8 cm³/mol. The monoisotopic (exact) mass is 279 g/mol. The molecule has 5 heteroatoms. The fraction of sp³-hybridized carbons (Fsp3) is 0.533. The van der Waals surface area contributed by atoms with Crippen LogP contribution in [0.5, 0.6) is 0 Å². The minimum absolute atomic E-state index is 0.610. The minimum Gasteiger partial charge on any atom is -0.383 e. The van der Waals surface area contributed by atoms with Crippen LogP contribution in [0.15, 0.2) is 29.3 Å². The number of hydrogen-bond acceptors (Lipinski definition) is 3. The number of rotatable bonds is 8. The molecule has 2 N–H and O–H groups in total. The van der Waals surface area contributed by atoms with E-state index in [9.17, 15) is 0 Å². The van der Waals surface area contributed by atoms with Crippen LogP contribution in [0.1, 0.15) is 18.1 Å². The summed E-state index contributed by atoms with van der Waals surface area (Å²) in [5, 5.41) is 6.44. The Morgan fingerprint density at radius 1 is 1.10 bits per heavy atom. The lowest BCUT2D eigenvalue weighted by Crippen LogP contribution is -2.38. The standard InChI is InChI=1S/C15H25N3O2/c1-4-16-15(17-9-10-19-2)18-11-13-7-5-6-8-14(13)12-20-3/h5-8H,4,9-12H2,1-3H3,(H2,16,17,18). The van der Waals surface area contributed by atoms with Crippen LogP contribution in [0.4, 0.5) is 0 Å². The quantitative estimate of drug-likeness (QED) is 0.430. The van der Waals surface area contributed by atoms with Crippen molar-refractivity contribution in [3.05, 3.63) is 35.4 Å². The zero-order valence-electron chi connectivity index (χ0n) is 12.6. The Morgan fingerprint density at radius 3 is 2.50 bits per heavy atom. The molecule has 0 aliphatic carbocycles. The molecule has 0 atom stereocenters. The second-order valence-electron chi connectivity index (χ2n) is 4.32. The molecule has 0 heterocycles. The Kier molecular flexibility index (Phi) is 8.42. The molecular formula is C15H25N3O2. The van der Waals surface area contributed by atoms with E-state index in [4.69, 9.17) is 9.47 Å². The topological polar surface area (TPSA) is 54.9 Å². The molecular weight excluding hydrogens is 254 g/mol. The van der Waals surface area contributed by atoms with Crippen LogP contribution in [0.3, 0.4) is 0 Å². The Bertz CT molecular complexity index is 408. The highest BCUT2D eigenvalue weighted by molar-refractivity contribution is 5.79. The first-order chi connectivity index (χ1) is 9.81. The number of guanidine groups is 1. The Hall–Kier alpha value is -1.59. The molecule has 0 aliphatic rings. The van der Waals surface area contributed by atoms with Crippen molar-refractivity contribution >= 4 is 5.96 Å². The maximum Gasteiger partial charge on any atom is 0.191 e. The van der Waals surface area contributed by atoms with E-state index in [-0.39, 0.29) is 0 Å². The van der Waals surface area contributed by atoms with E-state index in [0.717, 1.165) is 19.0 Å². The van der Waals surface area contributed by atoms with Gasteiger partial charge in [-0.2, -0.15) is 0 Å². The molecule has 1 aromatic rings. The summed E-state index contributed by atoms with van der Waals surface area (Å²) in [6, 6.07) is 8.19. The highest BCUT2D eigenvalue weighted by Crippen LogP contribution is 2.10. The maximum atomic E-state index is 5.21. The molecule has 5 nitrogen and oxygen atoms in total. The Labute approximate surface area is 121 Å². The van der Waals surface area contributed by atoms with Crippen molar-refractivity contribution in [1.82, 2.24) is 10.6 Å². The van der Waals surface area contributed by atoms with Crippen LogP contribution >= 0.6 is 0 Å². The fourth-order valence-corrected chi connectivity index (χ4v) is 1.79. The molecule has 0 saturated heterocycles. The summed E-state index contributed by atoms with van der Waals surface area (Å²) >= 11 is 0. The predicted octanol–water partition coefficient (Wildman–Crippen LogP) is 1.53. The zero-order valence-corrected chi connectivity index (χ0v) is 12.6. The summed E-state index contributed by atoms with van der Waals surface area (Å²) in [6.07, 6.45) is 0. The number of nitrogens with zero attached hydrogens (tertiary/aromatic N) is 1. The SMILES string of the molecule is CCNC(=NCc1ccccc1COC)NCCOC. The Balaban J connectivity index is 2.65. The third-order valence-corrected chi connectivity index (χ3v) is 2.77. The van der Waals surface area contributed by atoms with E-state index in [0.29, 0.717) is 19.8 Å². The normalized spacial score (nSPS) is 11.4. The van der Waals surface area contributed by atoms with E-state index in [1.54, 1.807) is 14.2 Å². The fourth-order valence-electron chi connectivity index (χ4n) is 1.79. The zero-order chi connectivity index (χ0) is 14.6. The van der Waals surface area contributed by atoms with E-state index < -0.39 is 0 Å². The summed E-state index contributed by atoms with van der Waals surface area (Å²) < 4.78 is 10.2. The average Bonchev–Trinajstić information content (AvgIpc) is 2.46. The van der Waals surface area contributed by atoms with Gasteiger partial charge in [-0.1, -0.05) is 24.3 Å². The third kappa shape index (κ3) is 6.04. The van der Waals surface area contributed by atoms with Gasteiger partial charge in [-0.3, -0.25) is 0 Å². The van der Waals surface area contributed by atoms with Crippen molar-refractivity contribution in [2.24, 2.45) is 4.99 Å². The average molecular weight is 279 g/mol. The highest BCUT2D eigenvalue weighted by atomic mass is 16.5. The molecule has 0 bridgehead atoms. The largest absolute Gasteiger partial charge is 0.383 e. The highest BCUT2D eigenvalue weighted by Gasteiger charge is 2.02. The molecule has 0 aromatic heterocycles. The first kappa shape index (κ1) is 16.5. The number of hydrogen-bond donors (Lipinski definition) is 2.